The minimum absolute atomic E-state index is 0.308. The largest absolute Gasteiger partial charge is 0.508 e. The molecule has 0 amide bonds. The molecule has 1 aliphatic heterocycles. The van der Waals surface area contributed by atoms with Gasteiger partial charge in [0.25, 0.3) is 0 Å². The fourth-order valence-electron chi connectivity index (χ4n) is 2.65. The van der Waals surface area contributed by atoms with Gasteiger partial charge in [-0.15, -0.1) is 0 Å². The lowest BCUT2D eigenvalue weighted by molar-refractivity contribution is 0.201. The highest BCUT2D eigenvalue weighted by molar-refractivity contribution is 9.10. The van der Waals surface area contributed by atoms with E-state index in [1.807, 2.05) is 12.1 Å². The summed E-state index contributed by atoms with van der Waals surface area (Å²) in [6, 6.07) is 6.01. The van der Waals surface area contributed by atoms with Gasteiger partial charge in [0.2, 0.25) is 0 Å². The van der Waals surface area contributed by atoms with Crippen LogP contribution in [0.1, 0.15) is 31.4 Å². The van der Waals surface area contributed by atoms with E-state index < -0.39 is 0 Å². The Bertz CT molecular complexity index is 389. The lowest BCUT2D eigenvalue weighted by Gasteiger charge is -2.30. The molecule has 1 aromatic rings. The Balaban J connectivity index is 2.23. The molecule has 0 saturated carbocycles. The van der Waals surface area contributed by atoms with Gasteiger partial charge in [0.1, 0.15) is 5.75 Å². The second kappa shape index (κ2) is 6.55. The summed E-state index contributed by atoms with van der Waals surface area (Å²) in [6.45, 7) is 6.45. The first-order chi connectivity index (χ1) is 8.72. The maximum atomic E-state index is 10.1. The highest BCUT2D eigenvalue weighted by atomic mass is 79.9. The average molecular weight is 313 g/mol. The molecule has 0 spiro atoms. The summed E-state index contributed by atoms with van der Waals surface area (Å²) < 4.78 is 1.03. The van der Waals surface area contributed by atoms with Crippen LogP contribution in [0, 0.1) is 0 Å². The Morgan fingerprint density at radius 1 is 1.39 bits per heavy atom. The second-order valence-electron chi connectivity index (χ2n) is 4.77. The predicted molar refractivity (Wildman–Crippen MR) is 77.9 cm³/mol. The van der Waals surface area contributed by atoms with Gasteiger partial charge in [-0.1, -0.05) is 22.9 Å². The Morgan fingerprint density at radius 3 is 3.00 bits per heavy atom. The molecule has 4 heteroatoms. The van der Waals surface area contributed by atoms with Crippen molar-refractivity contribution in [1.82, 2.24) is 10.2 Å². The summed E-state index contributed by atoms with van der Waals surface area (Å²) in [5.74, 6) is 0.405. The molecule has 2 N–H and O–H groups in total. The number of rotatable bonds is 3. The van der Waals surface area contributed by atoms with E-state index in [2.05, 4.69) is 33.1 Å². The number of phenolic OH excluding ortho intramolecular Hbond substituents is 1. The van der Waals surface area contributed by atoms with Crippen molar-refractivity contribution in [3.8, 4) is 5.75 Å². The normalized spacial score (nSPS) is 19.4. The summed E-state index contributed by atoms with van der Waals surface area (Å²) in [5, 5.41) is 13.5. The van der Waals surface area contributed by atoms with Gasteiger partial charge >= 0.3 is 0 Å². The summed E-state index contributed by atoms with van der Waals surface area (Å²) in [6.07, 6.45) is 2.19. The quantitative estimate of drug-likeness (QED) is 0.901. The van der Waals surface area contributed by atoms with Crippen LogP contribution in [0.2, 0.25) is 0 Å². The minimum atomic E-state index is 0.308. The molecule has 0 aromatic heterocycles. The van der Waals surface area contributed by atoms with Gasteiger partial charge in [-0.25, -0.2) is 0 Å². The molecule has 1 aliphatic rings. The van der Waals surface area contributed by atoms with Gasteiger partial charge in [0.15, 0.2) is 0 Å². The third kappa shape index (κ3) is 3.25. The van der Waals surface area contributed by atoms with E-state index in [0.29, 0.717) is 11.8 Å². The first-order valence-electron chi connectivity index (χ1n) is 6.65. The third-order valence-electron chi connectivity index (χ3n) is 3.55. The van der Waals surface area contributed by atoms with Gasteiger partial charge in [0, 0.05) is 35.7 Å². The van der Waals surface area contributed by atoms with E-state index in [1.165, 1.54) is 6.42 Å². The molecule has 1 heterocycles. The molecule has 1 aromatic carbocycles. The number of aromatic hydroxyl groups is 1. The molecule has 100 valence electrons. The molecule has 1 fully saturated rings. The van der Waals surface area contributed by atoms with Crippen molar-refractivity contribution in [2.75, 3.05) is 26.2 Å². The van der Waals surface area contributed by atoms with Crippen LogP contribution in [-0.4, -0.2) is 36.2 Å². The zero-order valence-electron chi connectivity index (χ0n) is 10.8. The maximum Gasteiger partial charge on any atom is 0.120 e. The molecule has 0 radical (unpaired) electrons. The van der Waals surface area contributed by atoms with E-state index in [9.17, 15) is 5.11 Å². The third-order valence-corrected chi connectivity index (χ3v) is 4.04. The highest BCUT2D eigenvalue weighted by Gasteiger charge is 2.22. The zero-order valence-corrected chi connectivity index (χ0v) is 12.4. The van der Waals surface area contributed by atoms with Crippen LogP contribution in [0.3, 0.4) is 0 Å². The van der Waals surface area contributed by atoms with E-state index in [0.717, 1.165) is 42.6 Å². The van der Waals surface area contributed by atoms with Gasteiger partial charge in [-0.05, 0) is 37.6 Å². The first kappa shape index (κ1) is 13.8. The lowest BCUT2D eigenvalue weighted by atomic mass is 10.0. The summed E-state index contributed by atoms with van der Waals surface area (Å²) in [5.41, 5.74) is 1.04. The Hall–Kier alpha value is -0.580. The lowest BCUT2D eigenvalue weighted by Crippen LogP contribution is -2.32. The molecule has 0 bridgehead atoms. The molecule has 3 nitrogen and oxygen atoms in total. The number of phenols is 1. The van der Waals surface area contributed by atoms with Crippen molar-refractivity contribution in [3.63, 3.8) is 0 Å². The van der Waals surface area contributed by atoms with Crippen LogP contribution in [-0.2, 0) is 0 Å². The Labute approximate surface area is 117 Å². The number of nitrogens with one attached hydrogen (secondary N) is 1. The minimum Gasteiger partial charge on any atom is -0.508 e. The molecule has 1 atom stereocenters. The second-order valence-corrected chi connectivity index (χ2v) is 5.68. The molecule has 2 rings (SSSR count). The fraction of sp³-hybridized carbons (Fsp3) is 0.571. The number of hydrogen-bond donors (Lipinski definition) is 2. The van der Waals surface area contributed by atoms with Crippen LogP contribution in [0.25, 0.3) is 0 Å². The summed E-state index contributed by atoms with van der Waals surface area (Å²) in [4.78, 5) is 2.47. The van der Waals surface area contributed by atoms with Crippen molar-refractivity contribution in [3.05, 3.63) is 28.2 Å². The van der Waals surface area contributed by atoms with Gasteiger partial charge < -0.3 is 10.4 Å². The van der Waals surface area contributed by atoms with E-state index in [-0.39, 0.29) is 0 Å². The number of hydrogen-bond acceptors (Lipinski definition) is 3. The van der Waals surface area contributed by atoms with Crippen LogP contribution in [0.15, 0.2) is 22.7 Å². The van der Waals surface area contributed by atoms with Gasteiger partial charge in [0.05, 0.1) is 0 Å². The summed E-state index contributed by atoms with van der Waals surface area (Å²) in [7, 11) is 0. The number of halogens is 1. The average Bonchev–Trinajstić information content (AvgIpc) is 2.64. The first-order valence-corrected chi connectivity index (χ1v) is 7.45. The van der Waals surface area contributed by atoms with Crippen LogP contribution in [0.4, 0.5) is 0 Å². The molecular formula is C14H21BrN2O. The molecule has 1 unspecified atom stereocenters. The topological polar surface area (TPSA) is 35.5 Å². The maximum absolute atomic E-state index is 10.1. The van der Waals surface area contributed by atoms with Crippen LogP contribution < -0.4 is 5.32 Å². The summed E-state index contributed by atoms with van der Waals surface area (Å²) >= 11 is 3.49. The zero-order chi connectivity index (χ0) is 13.0. The van der Waals surface area contributed by atoms with Crippen molar-refractivity contribution in [2.45, 2.75) is 25.8 Å². The van der Waals surface area contributed by atoms with Crippen LogP contribution in [0.5, 0.6) is 5.75 Å². The van der Waals surface area contributed by atoms with Crippen LogP contribution >= 0.6 is 15.9 Å². The fourth-order valence-corrected chi connectivity index (χ4v) is 3.02. The molecule has 18 heavy (non-hydrogen) atoms. The van der Waals surface area contributed by atoms with Gasteiger partial charge in [-0.3, -0.25) is 4.90 Å². The van der Waals surface area contributed by atoms with Gasteiger partial charge in [-0.2, -0.15) is 0 Å². The number of nitrogens with zero attached hydrogens (tertiary/aromatic N) is 1. The molecule has 1 saturated heterocycles. The Kier molecular flexibility index (Phi) is 5.03. The van der Waals surface area contributed by atoms with E-state index >= 15 is 0 Å². The predicted octanol–water partition coefficient (Wildman–Crippen LogP) is 2.90. The smallest absolute Gasteiger partial charge is 0.120 e. The van der Waals surface area contributed by atoms with Crippen molar-refractivity contribution in [1.29, 1.82) is 0 Å². The Morgan fingerprint density at radius 2 is 2.22 bits per heavy atom. The SMILES string of the molecule is CCC(c1cc(Br)ccc1O)N1CCCNCC1. The standard InChI is InChI=1S/C14H21BrN2O/c1-2-13(17-8-3-6-16-7-9-17)12-10-11(15)4-5-14(12)18/h4-5,10,13,16,18H,2-3,6-9H2,1H3. The monoisotopic (exact) mass is 312 g/mol. The molecule has 0 aliphatic carbocycles. The van der Waals surface area contributed by atoms with Crippen molar-refractivity contribution >= 4 is 15.9 Å². The molecular weight excluding hydrogens is 292 g/mol. The van der Waals surface area contributed by atoms with E-state index in [1.54, 1.807) is 6.07 Å². The highest BCUT2D eigenvalue weighted by Crippen LogP contribution is 2.33. The van der Waals surface area contributed by atoms with Crippen molar-refractivity contribution < 1.29 is 5.11 Å². The van der Waals surface area contributed by atoms with Crippen molar-refractivity contribution in [2.24, 2.45) is 0 Å². The van der Waals surface area contributed by atoms with E-state index in [4.69, 9.17) is 0 Å². The number of benzene rings is 1.